The highest BCUT2D eigenvalue weighted by Gasteiger charge is 2.15. The van der Waals surface area contributed by atoms with Crippen molar-refractivity contribution in [3.8, 4) is 10.6 Å². The molecule has 2 aromatic heterocycles. The molecule has 0 saturated heterocycles. The van der Waals surface area contributed by atoms with E-state index in [2.05, 4.69) is 20.5 Å². The lowest BCUT2D eigenvalue weighted by Gasteiger charge is -2.06. The molecule has 0 atom stereocenters. The number of ether oxygens (including phenoxy) is 1. The fourth-order valence-electron chi connectivity index (χ4n) is 2.41. The molecule has 0 spiro atoms. The predicted octanol–water partition coefficient (Wildman–Crippen LogP) is 2.07. The number of nitrogens with zero attached hydrogens (tertiary/aromatic N) is 5. The Bertz CT molecular complexity index is 1070. The normalized spacial score (nSPS) is 11.7. The van der Waals surface area contributed by atoms with Crippen molar-refractivity contribution in [2.45, 2.75) is 37.8 Å². The van der Waals surface area contributed by atoms with E-state index >= 15 is 0 Å². The molecule has 2 heterocycles. The second-order valence-corrected chi connectivity index (χ2v) is 9.32. The molecule has 0 fully saturated rings. The van der Waals surface area contributed by atoms with E-state index in [9.17, 15) is 13.2 Å². The average Bonchev–Trinajstić information content (AvgIpc) is 3.29. The van der Waals surface area contributed by atoms with Crippen molar-refractivity contribution >= 4 is 27.1 Å². The molecule has 0 bridgehead atoms. The first-order valence-corrected chi connectivity index (χ1v) is 11.2. The highest BCUT2D eigenvalue weighted by molar-refractivity contribution is 7.90. The molecule has 0 unspecified atom stereocenters. The number of hydrogen-bond donors (Lipinski definition) is 0. The molecular weight excluding hydrogens is 402 g/mol. The topological polar surface area (TPSA) is 117 Å². The number of carbonyl (C=O) groups excluding carboxylic acids is 1. The Morgan fingerprint density at radius 3 is 2.61 bits per heavy atom. The molecule has 1 aromatic carbocycles. The summed E-state index contributed by atoms with van der Waals surface area (Å²) in [5.74, 6) is 0.254. The molecule has 11 heteroatoms. The highest BCUT2D eigenvalue weighted by Crippen LogP contribution is 2.25. The zero-order valence-electron chi connectivity index (χ0n) is 15.6. The van der Waals surface area contributed by atoms with E-state index in [1.165, 1.54) is 16.0 Å². The predicted molar refractivity (Wildman–Crippen MR) is 102 cm³/mol. The standard InChI is InChI=1S/C17H19N5O4S2/c1-11(2)16-19-20-21-22(16)8-15(23)26-9-13-10-27-17(18-13)12-4-6-14(7-5-12)28(3,24)25/h4-7,10-11H,8-9H2,1-3H3. The van der Waals surface area contributed by atoms with E-state index in [0.29, 0.717) is 16.5 Å². The van der Waals surface area contributed by atoms with Crippen LogP contribution in [0.3, 0.4) is 0 Å². The number of tetrazole rings is 1. The third kappa shape index (κ3) is 4.78. The fraction of sp³-hybridized carbons (Fsp3) is 0.353. The van der Waals surface area contributed by atoms with Gasteiger partial charge in [-0.2, -0.15) is 0 Å². The van der Waals surface area contributed by atoms with Crippen molar-refractivity contribution in [1.82, 2.24) is 25.2 Å². The SMILES string of the molecule is CC(C)c1nnnn1CC(=O)OCc1csc(-c2ccc(S(C)(=O)=O)cc2)n1. The molecule has 0 radical (unpaired) electrons. The van der Waals surface area contributed by atoms with Gasteiger partial charge in [0.2, 0.25) is 0 Å². The first kappa shape index (κ1) is 20.1. The lowest BCUT2D eigenvalue weighted by Crippen LogP contribution is -2.17. The summed E-state index contributed by atoms with van der Waals surface area (Å²) in [6, 6.07) is 6.50. The number of benzene rings is 1. The Balaban J connectivity index is 1.60. The van der Waals surface area contributed by atoms with E-state index in [1.54, 1.807) is 29.6 Å². The minimum atomic E-state index is -3.24. The zero-order valence-corrected chi connectivity index (χ0v) is 17.2. The van der Waals surface area contributed by atoms with Crippen LogP contribution < -0.4 is 0 Å². The monoisotopic (exact) mass is 421 g/mol. The van der Waals surface area contributed by atoms with Gasteiger partial charge in [-0.1, -0.05) is 26.0 Å². The molecule has 28 heavy (non-hydrogen) atoms. The van der Waals surface area contributed by atoms with Crippen molar-refractivity contribution in [3.05, 3.63) is 41.2 Å². The minimum Gasteiger partial charge on any atom is -0.458 e. The number of aromatic nitrogens is 5. The van der Waals surface area contributed by atoms with Gasteiger partial charge < -0.3 is 4.74 Å². The molecule has 3 aromatic rings. The van der Waals surface area contributed by atoms with Crippen LogP contribution in [0.5, 0.6) is 0 Å². The van der Waals surface area contributed by atoms with E-state index < -0.39 is 15.8 Å². The minimum absolute atomic E-state index is 0.0376. The summed E-state index contributed by atoms with van der Waals surface area (Å²) >= 11 is 1.39. The van der Waals surface area contributed by atoms with Crippen molar-refractivity contribution in [2.75, 3.05) is 6.26 Å². The maximum atomic E-state index is 12.0. The summed E-state index contributed by atoms with van der Waals surface area (Å²) in [6.07, 6.45) is 1.16. The largest absolute Gasteiger partial charge is 0.458 e. The van der Waals surface area contributed by atoms with Crippen LogP contribution in [-0.4, -0.2) is 45.8 Å². The van der Waals surface area contributed by atoms with Crippen molar-refractivity contribution in [3.63, 3.8) is 0 Å². The van der Waals surface area contributed by atoms with Gasteiger partial charge in [0.1, 0.15) is 18.2 Å². The quantitative estimate of drug-likeness (QED) is 0.532. The van der Waals surface area contributed by atoms with Gasteiger partial charge in [-0.3, -0.25) is 4.79 Å². The van der Waals surface area contributed by atoms with E-state index in [-0.39, 0.29) is 24.0 Å². The van der Waals surface area contributed by atoms with Gasteiger partial charge in [-0.25, -0.2) is 18.1 Å². The summed E-state index contributed by atoms with van der Waals surface area (Å²) < 4.78 is 29.7. The van der Waals surface area contributed by atoms with Gasteiger partial charge in [-0.15, -0.1) is 16.4 Å². The molecule has 0 saturated carbocycles. The molecule has 3 rings (SSSR count). The number of carbonyl (C=O) groups is 1. The number of thiazole rings is 1. The first-order valence-electron chi connectivity index (χ1n) is 8.40. The van der Waals surface area contributed by atoms with Crippen molar-refractivity contribution in [1.29, 1.82) is 0 Å². The first-order chi connectivity index (χ1) is 13.2. The molecule has 0 aliphatic heterocycles. The third-order valence-electron chi connectivity index (χ3n) is 3.82. The summed E-state index contributed by atoms with van der Waals surface area (Å²) in [6.45, 7) is 3.85. The van der Waals surface area contributed by atoms with Crippen LogP contribution in [0.15, 0.2) is 34.5 Å². The van der Waals surface area contributed by atoms with Crippen molar-refractivity contribution in [2.24, 2.45) is 0 Å². The van der Waals surface area contributed by atoms with Crippen LogP contribution in [0, 0.1) is 0 Å². The van der Waals surface area contributed by atoms with Gasteiger partial charge in [0.05, 0.1) is 10.6 Å². The van der Waals surface area contributed by atoms with Gasteiger partial charge in [-0.05, 0) is 22.6 Å². The van der Waals surface area contributed by atoms with Crippen molar-refractivity contribution < 1.29 is 17.9 Å². The Hall–Kier alpha value is -2.66. The number of sulfone groups is 1. The maximum absolute atomic E-state index is 12.0. The van der Waals surface area contributed by atoms with Crippen LogP contribution in [0.2, 0.25) is 0 Å². The van der Waals surface area contributed by atoms with Gasteiger partial charge in [0.25, 0.3) is 0 Å². The van der Waals surface area contributed by atoms with Crippen LogP contribution >= 0.6 is 11.3 Å². The Labute approximate surface area is 166 Å². The van der Waals surface area contributed by atoms with Gasteiger partial charge in [0, 0.05) is 23.1 Å². The second-order valence-electron chi connectivity index (χ2n) is 6.45. The molecule has 148 valence electrons. The maximum Gasteiger partial charge on any atom is 0.328 e. The van der Waals surface area contributed by atoms with Crippen LogP contribution in [0.4, 0.5) is 0 Å². The van der Waals surface area contributed by atoms with Crippen LogP contribution in [-0.2, 0) is 32.5 Å². The lowest BCUT2D eigenvalue weighted by molar-refractivity contribution is -0.146. The summed E-state index contributed by atoms with van der Waals surface area (Å²) in [4.78, 5) is 16.7. The second kappa shape index (κ2) is 8.15. The lowest BCUT2D eigenvalue weighted by atomic mass is 10.2. The fourth-order valence-corrected chi connectivity index (χ4v) is 3.85. The highest BCUT2D eigenvalue weighted by atomic mass is 32.2. The molecule has 0 N–H and O–H groups in total. The summed E-state index contributed by atoms with van der Waals surface area (Å²) in [5.41, 5.74) is 1.41. The summed E-state index contributed by atoms with van der Waals surface area (Å²) in [5, 5.41) is 13.8. The Kier molecular flexibility index (Phi) is 5.84. The van der Waals surface area contributed by atoms with E-state index in [0.717, 1.165) is 11.8 Å². The smallest absolute Gasteiger partial charge is 0.328 e. The van der Waals surface area contributed by atoms with E-state index in [1.807, 2.05) is 13.8 Å². The van der Waals surface area contributed by atoms with Crippen LogP contribution in [0.25, 0.3) is 10.6 Å². The molecule has 0 aliphatic carbocycles. The molecule has 0 amide bonds. The third-order valence-corrected chi connectivity index (χ3v) is 5.89. The average molecular weight is 422 g/mol. The molecule has 0 aliphatic rings. The molecular formula is C17H19N5O4S2. The van der Waals surface area contributed by atoms with E-state index in [4.69, 9.17) is 4.74 Å². The number of rotatable bonds is 7. The zero-order chi connectivity index (χ0) is 20.3. The summed E-state index contributed by atoms with van der Waals surface area (Å²) in [7, 11) is -3.24. The van der Waals surface area contributed by atoms with Crippen LogP contribution in [0.1, 0.15) is 31.3 Å². The number of hydrogen-bond acceptors (Lipinski definition) is 9. The number of esters is 1. The van der Waals surface area contributed by atoms with Gasteiger partial charge >= 0.3 is 5.97 Å². The Morgan fingerprint density at radius 2 is 1.96 bits per heavy atom. The Morgan fingerprint density at radius 1 is 1.25 bits per heavy atom. The van der Waals surface area contributed by atoms with Gasteiger partial charge in [0.15, 0.2) is 15.7 Å². The molecule has 9 nitrogen and oxygen atoms in total.